The lowest BCUT2D eigenvalue weighted by Gasteiger charge is -2.04. The van der Waals surface area contributed by atoms with Crippen molar-refractivity contribution in [1.82, 2.24) is 4.98 Å². The molecule has 0 aliphatic carbocycles. The van der Waals surface area contributed by atoms with E-state index in [-0.39, 0.29) is 10.6 Å². The van der Waals surface area contributed by atoms with Crippen molar-refractivity contribution in [3.63, 3.8) is 0 Å². The van der Waals surface area contributed by atoms with E-state index in [0.717, 1.165) is 16.1 Å². The lowest BCUT2D eigenvalue weighted by molar-refractivity contribution is -0.384. The molecular formula is C22H15FN2O3S. The number of nitro groups is 1. The smallest absolute Gasteiger partial charge is 0.277 e. The summed E-state index contributed by atoms with van der Waals surface area (Å²) in [6.07, 6.45) is 0. The lowest BCUT2D eigenvalue weighted by Crippen LogP contribution is -1.91. The Morgan fingerprint density at radius 3 is 2.41 bits per heavy atom. The normalized spacial score (nSPS) is 10.7. The Balaban J connectivity index is 1.64. The van der Waals surface area contributed by atoms with Gasteiger partial charge in [0.2, 0.25) is 0 Å². The van der Waals surface area contributed by atoms with Crippen LogP contribution in [0.15, 0.2) is 72.1 Å². The van der Waals surface area contributed by atoms with Crippen molar-refractivity contribution >= 4 is 17.0 Å². The number of halogens is 1. The van der Waals surface area contributed by atoms with Crippen molar-refractivity contribution in [2.45, 2.75) is 0 Å². The number of nitro benzene ring substituents is 1. The molecular weight excluding hydrogens is 391 g/mol. The molecule has 0 unspecified atom stereocenters. The minimum atomic E-state index is -0.395. The Morgan fingerprint density at radius 2 is 1.72 bits per heavy atom. The fourth-order valence-electron chi connectivity index (χ4n) is 3.03. The molecule has 1 heterocycles. The van der Waals surface area contributed by atoms with Crippen LogP contribution < -0.4 is 4.74 Å². The van der Waals surface area contributed by atoms with Crippen LogP contribution in [0.3, 0.4) is 0 Å². The first kappa shape index (κ1) is 18.8. The molecule has 1 aromatic heterocycles. The summed E-state index contributed by atoms with van der Waals surface area (Å²) in [6.45, 7) is 0. The number of hydrogen-bond donors (Lipinski definition) is 0. The van der Waals surface area contributed by atoms with Crippen molar-refractivity contribution in [3.05, 3.63) is 88.0 Å². The summed E-state index contributed by atoms with van der Waals surface area (Å²) in [5.41, 5.74) is 3.19. The summed E-state index contributed by atoms with van der Waals surface area (Å²) in [5, 5.41) is 13.8. The standard InChI is InChI=1S/C22H15FN2O3S/c1-28-16-10-11-18(19(23)12-16)20-13-29-22(24-20)15-8-6-14(7-9-15)17-4-2-3-5-21(17)25(26)27/h2-13H,1H3. The summed E-state index contributed by atoms with van der Waals surface area (Å²) in [6, 6.07) is 18.7. The van der Waals surface area contributed by atoms with Crippen molar-refractivity contribution in [3.8, 4) is 38.7 Å². The second-order valence-electron chi connectivity index (χ2n) is 6.24. The van der Waals surface area contributed by atoms with E-state index in [1.165, 1.54) is 30.6 Å². The third-order valence-electron chi connectivity index (χ3n) is 4.50. The molecule has 0 amide bonds. The van der Waals surface area contributed by atoms with Crippen LogP contribution in [0.5, 0.6) is 5.75 Å². The van der Waals surface area contributed by atoms with Crippen molar-refractivity contribution in [2.75, 3.05) is 7.11 Å². The molecule has 0 aliphatic heterocycles. The summed E-state index contributed by atoms with van der Waals surface area (Å²) in [5.74, 6) is 0.0558. The molecule has 0 N–H and O–H groups in total. The number of nitrogens with zero attached hydrogens (tertiary/aromatic N) is 2. The molecule has 5 nitrogen and oxygen atoms in total. The maximum Gasteiger partial charge on any atom is 0.277 e. The number of benzene rings is 3. The Bertz CT molecular complexity index is 1190. The quantitative estimate of drug-likeness (QED) is 0.292. The summed E-state index contributed by atoms with van der Waals surface area (Å²) < 4.78 is 19.3. The van der Waals surface area contributed by atoms with Gasteiger partial charge in [0.15, 0.2) is 0 Å². The molecule has 0 aliphatic rings. The van der Waals surface area contributed by atoms with Crippen molar-refractivity contribution in [1.29, 1.82) is 0 Å². The van der Waals surface area contributed by atoms with Gasteiger partial charge in [0.1, 0.15) is 16.6 Å². The van der Waals surface area contributed by atoms with E-state index < -0.39 is 5.82 Å². The van der Waals surface area contributed by atoms with E-state index in [1.54, 1.807) is 35.7 Å². The van der Waals surface area contributed by atoms with Crippen LogP contribution in [0.4, 0.5) is 10.1 Å². The zero-order chi connectivity index (χ0) is 20.4. The number of methoxy groups -OCH3 is 1. The van der Waals surface area contributed by atoms with Crippen LogP contribution >= 0.6 is 11.3 Å². The molecule has 0 saturated carbocycles. The van der Waals surface area contributed by atoms with Crippen LogP contribution in [0.2, 0.25) is 0 Å². The van der Waals surface area contributed by atoms with E-state index >= 15 is 0 Å². The van der Waals surface area contributed by atoms with Crippen molar-refractivity contribution in [2.24, 2.45) is 0 Å². The summed E-state index contributed by atoms with van der Waals surface area (Å²) >= 11 is 1.41. The summed E-state index contributed by atoms with van der Waals surface area (Å²) in [4.78, 5) is 15.4. The SMILES string of the molecule is COc1ccc(-c2csc(-c3ccc(-c4ccccc4[N+](=O)[O-])cc3)n2)c(F)c1. The molecule has 0 fully saturated rings. The minimum absolute atomic E-state index is 0.0618. The largest absolute Gasteiger partial charge is 0.497 e. The lowest BCUT2D eigenvalue weighted by atomic mass is 10.0. The van der Waals surface area contributed by atoms with Gasteiger partial charge >= 0.3 is 0 Å². The Labute approximate surface area is 170 Å². The molecule has 4 aromatic rings. The van der Waals surface area contributed by atoms with Gasteiger partial charge in [-0.2, -0.15) is 0 Å². The van der Waals surface area contributed by atoms with Crippen LogP contribution in [0.25, 0.3) is 33.0 Å². The van der Waals surface area contributed by atoms with E-state index in [0.29, 0.717) is 22.6 Å². The molecule has 144 valence electrons. The van der Waals surface area contributed by atoms with E-state index in [2.05, 4.69) is 4.98 Å². The molecule has 3 aromatic carbocycles. The second-order valence-corrected chi connectivity index (χ2v) is 7.09. The van der Waals surface area contributed by atoms with Crippen LogP contribution in [-0.4, -0.2) is 17.0 Å². The van der Waals surface area contributed by atoms with Gasteiger partial charge in [-0.3, -0.25) is 10.1 Å². The summed E-state index contributed by atoms with van der Waals surface area (Å²) in [7, 11) is 1.49. The molecule has 0 saturated heterocycles. The molecule has 7 heteroatoms. The van der Waals surface area contributed by atoms with Gasteiger partial charge in [-0.05, 0) is 23.8 Å². The maximum atomic E-state index is 14.3. The van der Waals surface area contributed by atoms with E-state index in [9.17, 15) is 14.5 Å². The number of thiazole rings is 1. The number of rotatable bonds is 5. The number of para-hydroxylation sites is 1. The Morgan fingerprint density at radius 1 is 1.00 bits per heavy atom. The molecule has 4 rings (SSSR count). The average Bonchev–Trinajstić information content (AvgIpc) is 3.23. The molecule has 29 heavy (non-hydrogen) atoms. The van der Waals surface area contributed by atoms with Gasteiger partial charge in [-0.25, -0.2) is 9.37 Å². The minimum Gasteiger partial charge on any atom is -0.497 e. The predicted molar refractivity (Wildman–Crippen MR) is 112 cm³/mol. The van der Waals surface area contributed by atoms with E-state index in [4.69, 9.17) is 4.74 Å². The van der Waals surface area contributed by atoms with Crippen LogP contribution in [-0.2, 0) is 0 Å². The first-order valence-electron chi connectivity index (χ1n) is 8.70. The van der Waals surface area contributed by atoms with Gasteiger partial charge in [0.05, 0.1) is 23.3 Å². The zero-order valence-corrected chi connectivity index (χ0v) is 16.2. The molecule has 0 radical (unpaired) electrons. The fourth-order valence-corrected chi connectivity index (χ4v) is 3.86. The van der Waals surface area contributed by atoms with Gasteiger partial charge in [0.25, 0.3) is 5.69 Å². The fraction of sp³-hybridized carbons (Fsp3) is 0.0455. The highest BCUT2D eigenvalue weighted by molar-refractivity contribution is 7.13. The highest BCUT2D eigenvalue weighted by Gasteiger charge is 2.15. The van der Waals surface area contributed by atoms with Crippen molar-refractivity contribution < 1.29 is 14.1 Å². The predicted octanol–water partition coefficient (Wildman–Crippen LogP) is 6.20. The third kappa shape index (κ3) is 3.72. The molecule has 0 atom stereocenters. The average molecular weight is 406 g/mol. The third-order valence-corrected chi connectivity index (χ3v) is 5.39. The maximum absolute atomic E-state index is 14.3. The van der Waals surface area contributed by atoms with Gasteiger partial charge in [0, 0.05) is 28.6 Å². The molecule has 0 spiro atoms. The Kier molecular flexibility index (Phi) is 5.05. The first-order chi connectivity index (χ1) is 14.1. The number of hydrogen-bond acceptors (Lipinski definition) is 5. The monoisotopic (exact) mass is 406 g/mol. The number of aromatic nitrogens is 1. The molecule has 0 bridgehead atoms. The van der Waals surface area contributed by atoms with Crippen LogP contribution in [0.1, 0.15) is 0 Å². The van der Waals surface area contributed by atoms with Gasteiger partial charge < -0.3 is 4.74 Å². The second kappa shape index (κ2) is 7.81. The first-order valence-corrected chi connectivity index (χ1v) is 9.58. The topological polar surface area (TPSA) is 65.3 Å². The van der Waals surface area contributed by atoms with Gasteiger partial charge in [-0.15, -0.1) is 11.3 Å². The number of ether oxygens (including phenoxy) is 1. The zero-order valence-electron chi connectivity index (χ0n) is 15.3. The van der Waals surface area contributed by atoms with Gasteiger partial charge in [-0.1, -0.05) is 36.4 Å². The highest BCUT2D eigenvalue weighted by Crippen LogP contribution is 2.34. The van der Waals surface area contributed by atoms with Crippen LogP contribution in [0, 0.1) is 15.9 Å². The Hall–Kier alpha value is -3.58. The highest BCUT2D eigenvalue weighted by atomic mass is 32.1. The van der Waals surface area contributed by atoms with E-state index in [1.807, 2.05) is 24.3 Å².